The number of benzene rings is 3. The van der Waals surface area contributed by atoms with Gasteiger partial charge in [0.2, 0.25) is 0 Å². The van der Waals surface area contributed by atoms with Crippen LogP contribution >= 0.6 is 27.5 Å². The maximum absolute atomic E-state index is 6.05. The fourth-order valence-electron chi connectivity index (χ4n) is 2.09. The van der Waals surface area contributed by atoms with Crippen LogP contribution in [-0.4, -0.2) is 0 Å². The Balaban J connectivity index is 2.26. The van der Waals surface area contributed by atoms with E-state index >= 15 is 0 Å². The molecule has 0 N–H and O–H groups in total. The number of halogens is 2. The lowest BCUT2D eigenvalue weighted by molar-refractivity contribution is 1.61. The topological polar surface area (TPSA) is 0 Å². The predicted molar refractivity (Wildman–Crippen MR) is 82.1 cm³/mol. The van der Waals surface area contributed by atoms with E-state index in [0.717, 1.165) is 20.6 Å². The maximum Gasteiger partial charge on any atom is 0.0412 e. The minimum absolute atomic E-state index is 0.757. The van der Waals surface area contributed by atoms with Crippen molar-refractivity contribution in [1.29, 1.82) is 0 Å². The highest BCUT2D eigenvalue weighted by molar-refractivity contribution is 9.10. The molecule has 88 valence electrons. The summed E-state index contributed by atoms with van der Waals surface area (Å²) in [5.41, 5.74) is 2.29. The lowest BCUT2D eigenvalue weighted by atomic mass is 10.0. The first-order valence-corrected chi connectivity index (χ1v) is 6.85. The summed E-state index contributed by atoms with van der Waals surface area (Å²) < 4.78 is 1.09. The summed E-state index contributed by atoms with van der Waals surface area (Å²) in [4.78, 5) is 0. The molecule has 0 aliphatic rings. The van der Waals surface area contributed by atoms with Crippen molar-refractivity contribution in [2.75, 3.05) is 0 Å². The van der Waals surface area contributed by atoms with Crippen LogP contribution in [0.25, 0.3) is 21.9 Å². The summed E-state index contributed by atoms with van der Waals surface area (Å²) >= 11 is 9.69. The van der Waals surface area contributed by atoms with E-state index in [9.17, 15) is 0 Å². The molecule has 3 aromatic rings. The zero-order chi connectivity index (χ0) is 12.5. The largest absolute Gasteiger partial charge is 0.0843 e. The van der Waals surface area contributed by atoms with Crippen molar-refractivity contribution in [2.24, 2.45) is 0 Å². The second-order valence-corrected chi connectivity index (χ2v) is 5.48. The molecule has 0 saturated heterocycles. The van der Waals surface area contributed by atoms with Crippen molar-refractivity contribution in [2.45, 2.75) is 0 Å². The van der Waals surface area contributed by atoms with Gasteiger partial charge < -0.3 is 0 Å². The number of hydrogen-bond donors (Lipinski definition) is 0. The molecular formula is C16H10BrCl. The van der Waals surface area contributed by atoms with Crippen LogP contribution in [0.2, 0.25) is 5.02 Å². The van der Waals surface area contributed by atoms with Crippen molar-refractivity contribution in [3.63, 3.8) is 0 Å². The zero-order valence-electron chi connectivity index (χ0n) is 9.53. The molecule has 0 spiro atoms. The van der Waals surface area contributed by atoms with Crippen molar-refractivity contribution >= 4 is 38.3 Å². The molecule has 0 fully saturated rings. The molecule has 18 heavy (non-hydrogen) atoms. The van der Waals surface area contributed by atoms with Gasteiger partial charge in [-0.3, -0.25) is 0 Å². The molecule has 0 unspecified atom stereocenters. The third kappa shape index (κ3) is 2.16. The smallest absolute Gasteiger partial charge is 0.0412 e. The molecule has 0 aliphatic heterocycles. The Morgan fingerprint density at radius 1 is 0.778 bits per heavy atom. The Morgan fingerprint density at radius 3 is 2.22 bits per heavy atom. The molecule has 0 atom stereocenters. The highest BCUT2D eigenvalue weighted by Crippen LogP contribution is 2.33. The molecule has 0 heterocycles. The number of hydrogen-bond acceptors (Lipinski definition) is 0. The summed E-state index contributed by atoms with van der Waals surface area (Å²) in [6.07, 6.45) is 0. The molecule has 2 heteroatoms. The quantitative estimate of drug-likeness (QED) is 0.522. The highest BCUT2D eigenvalue weighted by Gasteiger charge is 2.05. The lowest BCUT2D eigenvalue weighted by Crippen LogP contribution is -1.81. The standard InChI is InChI=1S/C16H10BrCl/c17-16-10-12-5-2-1-4-11(12)9-15(16)13-6-3-7-14(18)8-13/h1-10H. The molecule has 3 rings (SSSR count). The zero-order valence-corrected chi connectivity index (χ0v) is 11.9. The monoisotopic (exact) mass is 316 g/mol. The Bertz CT molecular complexity index is 719. The molecular weight excluding hydrogens is 308 g/mol. The number of rotatable bonds is 1. The Morgan fingerprint density at radius 2 is 1.50 bits per heavy atom. The summed E-state index contributed by atoms with van der Waals surface area (Å²) in [5, 5.41) is 3.22. The minimum atomic E-state index is 0.757. The van der Waals surface area contributed by atoms with Gasteiger partial charge in [0, 0.05) is 9.50 Å². The molecule has 0 aromatic heterocycles. The normalized spacial score (nSPS) is 10.8. The van der Waals surface area contributed by atoms with Crippen LogP contribution in [0.3, 0.4) is 0 Å². The van der Waals surface area contributed by atoms with E-state index in [4.69, 9.17) is 11.6 Å². The maximum atomic E-state index is 6.05. The first kappa shape index (κ1) is 11.8. The summed E-state index contributed by atoms with van der Waals surface area (Å²) in [6, 6.07) is 20.6. The van der Waals surface area contributed by atoms with Crippen LogP contribution in [0.5, 0.6) is 0 Å². The molecule has 0 aliphatic carbocycles. The minimum Gasteiger partial charge on any atom is -0.0843 e. The van der Waals surface area contributed by atoms with Gasteiger partial charge in [-0.05, 0) is 46.2 Å². The highest BCUT2D eigenvalue weighted by atomic mass is 79.9. The molecule has 0 amide bonds. The molecule has 0 radical (unpaired) electrons. The molecule has 0 saturated carbocycles. The van der Waals surface area contributed by atoms with Gasteiger partial charge in [0.05, 0.1) is 0 Å². The SMILES string of the molecule is Clc1cccc(-c2cc3ccccc3cc2Br)c1. The second-order valence-electron chi connectivity index (χ2n) is 4.19. The van der Waals surface area contributed by atoms with Crippen LogP contribution in [0.15, 0.2) is 65.1 Å². The van der Waals surface area contributed by atoms with E-state index in [-0.39, 0.29) is 0 Å². The van der Waals surface area contributed by atoms with E-state index in [2.05, 4.69) is 52.3 Å². The van der Waals surface area contributed by atoms with Gasteiger partial charge in [0.1, 0.15) is 0 Å². The van der Waals surface area contributed by atoms with Crippen LogP contribution in [0.1, 0.15) is 0 Å². The van der Waals surface area contributed by atoms with E-state index in [0.29, 0.717) is 0 Å². The Kier molecular flexibility index (Phi) is 3.11. The van der Waals surface area contributed by atoms with Gasteiger partial charge in [0.25, 0.3) is 0 Å². The fourth-order valence-corrected chi connectivity index (χ4v) is 2.87. The van der Waals surface area contributed by atoms with Crippen LogP contribution in [0, 0.1) is 0 Å². The first-order valence-electron chi connectivity index (χ1n) is 5.68. The fraction of sp³-hybridized carbons (Fsp3) is 0. The van der Waals surface area contributed by atoms with Gasteiger partial charge in [-0.15, -0.1) is 0 Å². The van der Waals surface area contributed by atoms with Gasteiger partial charge in [-0.2, -0.15) is 0 Å². The van der Waals surface area contributed by atoms with Crippen LogP contribution in [0.4, 0.5) is 0 Å². The van der Waals surface area contributed by atoms with Crippen molar-refractivity contribution in [3.8, 4) is 11.1 Å². The summed E-state index contributed by atoms with van der Waals surface area (Å²) in [5.74, 6) is 0. The Hall–Kier alpha value is -1.31. The third-order valence-corrected chi connectivity index (χ3v) is 3.86. The van der Waals surface area contributed by atoms with Crippen molar-refractivity contribution in [3.05, 3.63) is 70.2 Å². The van der Waals surface area contributed by atoms with E-state index < -0.39 is 0 Å². The van der Waals surface area contributed by atoms with E-state index in [1.165, 1.54) is 10.8 Å². The van der Waals surface area contributed by atoms with Gasteiger partial charge in [0.15, 0.2) is 0 Å². The van der Waals surface area contributed by atoms with Gasteiger partial charge >= 0.3 is 0 Å². The van der Waals surface area contributed by atoms with Crippen molar-refractivity contribution in [1.82, 2.24) is 0 Å². The molecule has 0 bridgehead atoms. The summed E-state index contributed by atoms with van der Waals surface area (Å²) in [6.45, 7) is 0. The van der Waals surface area contributed by atoms with Gasteiger partial charge in [-0.1, -0.05) is 63.9 Å². The van der Waals surface area contributed by atoms with Crippen molar-refractivity contribution < 1.29 is 0 Å². The predicted octanol–water partition coefficient (Wildman–Crippen LogP) is 5.92. The van der Waals surface area contributed by atoms with Crippen LogP contribution in [-0.2, 0) is 0 Å². The first-order chi connectivity index (χ1) is 8.74. The molecule has 3 aromatic carbocycles. The average molecular weight is 318 g/mol. The average Bonchev–Trinajstić information content (AvgIpc) is 2.38. The van der Waals surface area contributed by atoms with E-state index in [1.54, 1.807) is 0 Å². The van der Waals surface area contributed by atoms with E-state index in [1.807, 2.05) is 24.3 Å². The second kappa shape index (κ2) is 4.75. The van der Waals surface area contributed by atoms with Crippen LogP contribution < -0.4 is 0 Å². The lowest BCUT2D eigenvalue weighted by Gasteiger charge is -2.08. The number of fused-ring (bicyclic) bond motifs is 1. The third-order valence-electron chi connectivity index (χ3n) is 2.97. The molecule has 0 nitrogen and oxygen atoms in total. The Labute approximate surface area is 119 Å². The summed E-state index contributed by atoms with van der Waals surface area (Å²) in [7, 11) is 0. The van der Waals surface area contributed by atoms with Gasteiger partial charge in [-0.25, -0.2) is 0 Å².